The molecule has 0 aromatic heterocycles. The topological polar surface area (TPSA) is 68.2 Å². The van der Waals surface area contributed by atoms with Gasteiger partial charge in [-0.3, -0.25) is 4.79 Å². The number of benzene rings is 2. The van der Waals surface area contributed by atoms with Crippen molar-refractivity contribution >= 4 is 17.7 Å². The van der Waals surface area contributed by atoms with E-state index in [4.69, 9.17) is 9.57 Å². The predicted octanol–water partition coefficient (Wildman–Crippen LogP) is 4.47. The Bertz CT molecular complexity index is 1040. The lowest BCUT2D eigenvalue weighted by Crippen LogP contribution is -2.49. The Morgan fingerprint density at radius 1 is 1.13 bits per heavy atom. The highest BCUT2D eigenvalue weighted by Gasteiger charge is 2.52. The average molecular weight is 421 g/mol. The van der Waals surface area contributed by atoms with Crippen LogP contribution in [0.4, 0.5) is 4.79 Å². The zero-order chi connectivity index (χ0) is 22.3. The summed E-state index contributed by atoms with van der Waals surface area (Å²) >= 11 is 0. The fourth-order valence-corrected chi connectivity index (χ4v) is 4.65. The molecule has 4 rings (SSSR count). The van der Waals surface area contributed by atoms with Gasteiger partial charge in [-0.15, -0.1) is 0 Å². The maximum absolute atomic E-state index is 13.4. The van der Waals surface area contributed by atoms with Gasteiger partial charge in [0.1, 0.15) is 5.60 Å². The van der Waals surface area contributed by atoms with Crippen molar-refractivity contribution < 1.29 is 19.2 Å². The van der Waals surface area contributed by atoms with E-state index in [9.17, 15) is 9.59 Å². The molecule has 6 nitrogen and oxygen atoms in total. The Kier molecular flexibility index (Phi) is 5.33. The zero-order valence-electron chi connectivity index (χ0n) is 18.6. The van der Waals surface area contributed by atoms with Crippen LogP contribution in [0.15, 0.2) is 47.6 Å². The van der Waals surface area contributed by atoms with E-state index >= 15 is 0 Å². The number of oxime groups is 1. The normalized spacial score (nSPS) is 22.2. The van der Waals surface area contributed by atoms with E-state index in [1.54, 1.807) is 0 Å². The first-order chi connectivity index (χ1) is 14.7. The van der Waals surface area contributed by atoms with E-state index in [0.717, 1.165) is 28.0 Å². The van der Waals surface area contributed by atoms with Crippen molar-refractivity contribution in [1.29, 1.82) is 0 Å². The van der Waals surface area contributed by atoms with Crippen LogP contribution in [0.3, 0.4) is 0 Å². The third-order valence-electron chi connectivity index (χ3n) is 6.08. The monoisotopic (exact) mass is 420 g/mol. The van der Waals surface area contributed by atoms with Gasteiger partial charge in [-0.1, -0.05) is 53.2 Å². The molecule has 2 aromatic rings. The van der Waals surface area contributed by atoms with Crippen molar-refractivity contribution in [2.75, 3.05) is 0 Å². The van der Waals surface area contributed by atoms with Gasteiger partial charge in [-0.25, -0.2) is 9.69 Å². The number of hydrogen-bond donors (Lipinski definition) is 0. The van der Waals surface area contributed by atoms with Crippen molar-refractivity contribution in [1.82, 2.24) is 4.90 Å². The molecule has 1 fully saturated rings. The number of hydrogen-bond acceptors (Lipinski definition) is 5. The van der Waals surface area contributed by atoms with Crippen molar-refractivity contribution in [3.8, 4) is 0 Å². The Morgan fingerprint density at radius 2 is 1.77 bits per heavy atom. The summed E-state index contributed by atoms with van der Waals surface area (Å²) in [5, 5.41) is 4.22. The summed E-state index contributed by atoms with van der Waals surface area (Å²) in [6.07, 6.45) is -0.626. The van der Waals surface area contributed by atoms with E-state index in [1.807, 2.05) is 58.0 Å². The number of carbonyl (C=O) groups excluding carboxylic acids is 2. The number of rotatable bonds is 4. The summed E-state index contributed by atoms with van der Waals surface area (Å²) in [7, 11) is 0. The fourth-order valence-electron chi connectivity index (χ4n) is 4.65. The third-order valence-corrected chi connectivity index (χ3v) is 6.08. The van der Waals surface area contributed by atoms with Gasteiger partial charge in [0.2, 0.25) is 6.10 Å². The second-order valence-electron chi connectivity index (χ2n) is 9.00. The maximum atomic E-state index is 13.4. The highest BCUT2D eigenvalue weighted by molar-refractivity contribution is 6.07. The Morgan fingerprint density at radius 3 is 2.42 bits per heavy atom. The molecule has 2 atom stereocenters. The average Bonchev–Trinajstić information content (AvgIpc) is 3.24. The number of ether oxygens (including phenoxy) is 1. The third kappa shape index (κ3) is 3.94. The lowest BCUT2D eigenvalue weighted by Gasteiger charge is -2.28. The maximum Gasteiger partial charge on any atom is 0.417 e. The summed E-state index contributed by atoms with van der Waals surface area (Å²) in [5.41, 5.74) is 5.34. The van der Waals surface area contributed by atoms with Crippen molar-refractivity contribution in [2.24, 2.45) is 5.16 Å². The summed E-state index contributed by atoms with van der Waals surface area (Å²) < 4.78 is 5.56. The number of cyclic esters (lactones) is 1. The molecule has 31 heavy (non-hydrogen) atoms. The first-order valence-electron chi connectivity index (χ1n) is 10.6. The molecule has 2 aliphatic heterocycles. The van der Waals surface area contributed by atoms with Gasteiger partial charge in [0.05, 0.1) is 11.8 Å². The van der Waals surface area contributed by atoms with Gasteiger partial charge >= 0.3 is 6.09 Å². The first kappa shape index (κ1) is 21.1. The number of carbonyl (C=O) groups is 2. The number of nitrogens with zero attached hydrogens (tertiary/aromatic N) is 2. The molecule has 0 aliphatic carbocycles. The van der Waals surface area contributed by atoms with Crippen LogP contribution in [0.2, 0.25) is 0 Å². The van der Waals surface area contributed by atoms with Gasteiger partial charge < -0.3 is 9.57 Å². The number of amides is 2. The van der Waals surface area contributed by atoms with Crippen molar-refractivity contribution in [2.45, 2.75) is 65.2 Å². The molecular formula is C25H28N2O4. The molecule has 0 radical (unpaired) electrons. The smallest absolute Gasteiger partial charge is 0.417 e. The predicted molar refractivity (Wildman–Crippen MR) is 118 cm³/mol. The van der Waals surface area contributed by atoms with Crippen LogP contribution in [0.5, 0.6) is 0 Å². The van der Waals surface area contributed by atoms with Crippen LogP contribution in [0, 0.1) is 20.8 Å². The van der Waals surface area contributed by atoms with E-state index < -0.39 is 29.7 Å². The molecule has 2 heterocycles. The van der Waals surface area contributed by atoms with Gasteiger partial charge in [0.15, 0.2) is 0 Å². The molecule has 2 aromatic carbocycles. The minimum Gasteiger partial charge on any atom is -0.441 e. The number of aryl methyl sites for hydroxylation is 3. The van der Waals surface area contributed by atoms with E-state index in [0.29, 0.717) is 12.8 Å². The minimum atomic E-state index is -0.838. The zero-order valence-corrected chi connectivity index (χ0v) is 18.6. The minimum absolute atomic E-state index is 0.325. The van der Waals surface area contributed by atoms with Crippen LogP contribution < -0.4 is 0 Å². The summed E-state index contributed by atoms with van der Waals surface area (Å²) in [4.78, 5) is 32.8. The summed E-state index contributed by atoms with van der Waals surface area (Å²) in [6, 6.07) is 13.6. The molecule has 0 N–H and O–H groups in total. The Labute approximate surface area is 182 Å². The lowest BCUT2D eigenvalue weighted by molar-refractivity contribution is -0.140. The summed E-state index contributed by atoms with van der Waals surface area (Å²) in [5.74, 6) is -0.405. The fraction of sp³-hybridized carbons (Fsp3) is 0.400. The first-order valence-corrected chi connectivity index (χ1v) is 10.6. The van der Waals surface area contributed by atoms with Crippen LogP contribution in [-0.2, 0) is 20.8 Å². The molecule has 0 saturated carbocycles. The quantitative estimate of drug-likeness (QED) is 0.732. The van der Waals surface area contributed by atoms with Gasteiger partial charge in [0, 0.05) is 12.0 Å². The molecule has 0 unspecified atom stereocenters. The van der Waals surface area contributed by atoms with Crippen molar-refractivity contribution in [3.05, 3.63) is 70.3 Å². The summed E-state index contributed by atoms with van der Waals surface area (Å²) in [6.45, 7) is 9.79. The van der Waals surface area contributed by atoms with Gasteiger partial charge in [-0.2, -0.15) is 0 Å². The molecule has 1 saturated heterocycles. The molecule has 2 amide bonds. The Hall–Kier alpha value is -3.15. The largest absolute Gasteiger partial charge is 0.441 e. The SMILES string of the molecule is Cc1cc(C)c(C2=NO[C@@H](C(=O)N3C(=O)OC(C)(C)[C@@H]3Cc3ccccc3)C2)c(C)c1. The number of imide groups is 1. The second kappa shape index (κ2) is 7.84. The molecule has 162 valence electrons. The standard InChI is InChI=1S/C25H28N2O4/c1-15-11-16(2)22(17(3)12-15)19-14-20(31-26-19)23(28)27-21(25(4,5)30-24(27)29)13-18-9-7-6-8-10-18/h6-12,20-21H,13-14H2,1-5H3/t20-,21+/m1/s1. The second-order valence-corrected chi connectivity index (χ2v) is 9.00. The molecule has 6 heteroatoms. The van der Waals surface area contributed by atoms with Gasteiger partial charge in [0.25, 0.3) is 5.91 Å². The Balaban J connectivity index is 1.55. The van der Waals surface area contributed by atoms with Crippen LogP contribution in [-0.4, -0.2) is 40.4 Å². The highest BCUT2D eigenvalue weighted by Crippen LogP contribution is 2.34. The van der Waals surface area contributed by atoms with Crippen LogP contribution in [0.25, 0.3) is 0 Å². The molecular weight excluding hydrogens is 392 g/mol. The van der Waals surface area contributed by atoms with Gasteiger partial charge in [-0.05, 0) is 57.7 Å². The van der Waals surface area contributed by atoms with E-state index in [-0.39, 0.29) is 0 Å². The van der Waals surface area contributed by atoms with Crippen LogP contribution >= 0.6 is 0 Å². The van der Waals surface area contributed by atoms with Crippen molar-refractivity contribution in [3.63, 3.8) is 0 Å². The molecule has 0 spiro atoms. The molecule has 2 aliphatic rings. The van der Waals surface area contributed by atoms with Crippen LogP contribution in [0.1, 0.15) is 48.1 Å². The van der Waals surface area contributed by atoms with E-state index in [2.05, 4.69) is 24.2 Å². The lowest BCUT2D eigenvalue weighted by atomic mass is 9.91. The molecule has 0 bridgehead atoms. The highest BCUT2D eigenvalue weighted by atomic mass is 16.6. The van der Waals surface area contributed by atoms with E-state index in [1.165, 1.54) is 10.5 Å².